The molecule has 6 heteroatoms. The predicted octanol–water partition coefficient (Wildman–Crippen LogP) is 2.25. The summed E-state index contributed by atoms with van der Waals surface area (Å²) >= 11 is 0. The summed E-state index contributed by atoms with van der Waals surface area (Å²) < 4.78 is 16.6. The Hall–Kier alpha value is -1.30. The van der Waals surface area contributed by atoms with E-state index in [4.69, 9.17) is 14.0 Å². The van der Waals surface area contributed by atoms with Crippen LogP contribution in [0.1, 0.15) is 17.3 Å². The van der Waals surface area contributed by atoms with Gasteiger partial charge in [0.05, 0.1) is 27.9 Å². The zero-order valence-corrected chi connectivity index (χ0v) is 13.8. The molecule has 0 heterocycles. The summed E-state index contributed by atoms with van der Waals surface area (Å²) in [6, 6.07) is 13.7. The maximum absolute atomic E-state index is 11.3. The first-order chi connectivity index (χ1) is 10.7. The summed E-state index contributed by atoms with van der Waals surface area (Å²) in [5, 5.41) is 2.05. The number of rotatable bonds is 7. The van der Waals surface area contributed by atoms with Gasteiger partial charge in [0.25, 0.3) is 0 Å². The molecule has 118 valence electrons. The molecule has 1 atom stereocenters. The topological polar surface area (TPSA) is 44.8 Å². The number of methoxy groups -OCH3 is 2. The molecule has 0 spiro atoms. The van der Waals surface area contributed by atoms with Gasteiger partial charge in [-0.3, -0.25) is 4.79 Å². The Morgan fingerprint density at radius 2 is 1.57 bits per heavy atom. The van der Waals surface area contributed by atoms with Gasteiger partial charge in [-0.2, -0.15) is 0 Å². The van der Waals surface area contributed by atoms with Crippen LogP contribution in [0, 0.1) is 0 Å². The third-order valence-corrected chi connectivity index (χ3v) is 5.14. The van der Waals surface area contributed by atoms with Gasteiger partial charge in [0.2, 0.25) is 0 Å². The van der Waals surface area contributed by atoms with Gasteiger partial charge in [-0.05, 0) is 19.1 Å². The molecule has 0 aliphatic carbocycles. The van der Waals surface area contributed by atoms with Crippen LogP contribution < -0.4 is 20.1 Å². The molecule has 0 aromatic heterocycles. The maximum atomic E-state index is 11.3. The average molecular weight is 326 g/mol. The van der Waals surface area contributed by atoms with Crippen LogP contribution >= 0.6 is 8.15 Å². The van der Waals surface area contributed by atoms with Gasteiger partial charge >= 0.3 is 18.9 Å². The number of carbonyl (C=O) groups excluding carboxylic acids is 1. The molecular formula is C17H20LiO4P. The van der Waals surface area contributed by atoms with Crippen molar-refractivity contribution in [1.29, 1.82) is 0 Å². The molecule has 4 nitrogen and oxygen atoms in total. The molecule has 0 saturated carbocycles. The van der Waals surface area contributed by atoms with E-state index >= 15 is 0 Å². The van der Waals surface area contributed by atoms with Crippen LogP contribution in [0.3, 0.4) is 0 Å². The van der Waals surface area contributed by atoms with Crippen LogP contribution in [0.15, 0.2) is 42.5 Å². The molecule has 0 fully saturated rings. The summed E-state index contributed by atoms with van der Waals surface area (Å²) in [5.74, 6) is 0.986. The molecular weight excluding hydrogens is 306 g/mol. The average Bonchev–Trinajstić information content (AvgIpc) is 2.59. The third kappa shape index (κ3) is 4.59. The molecule has 0 saturated heterocycles. The van der Waals surface area contributed by atoms with Crippen molar-refractivity contribution < 1.29 is 18.8 Å². The van der Waals surface area contributed by atoms with Crippen molar-refractivity contribution in [3.05, 3.63) is 48.0 Å². The fourth-order valence-corrected chi connectivity index (χ4v) is 3.92. The minimum absolute atomic E-state index is 0. The molecule has 0 N–H and O–H groups in total. The third-order valence-electron chi connectivity index (χ3n) is 3.13. The Balaban J connectivity index is 0.00000264. The van der Waals surface area contributed by atoms with Crippen molar-refractivity contribution in [2.75, 3.05) is 20.8 Å². The van der Waals surface area contributed by atoms with Gasteiger partial charge in [0.15, 0.2) is 6.29 Å². The number of benzene rings is 2. The van der Waals surface area contributed by atoms with Gasteiger partial charge in [-0.25, -0.2) is 0 Å². The number of hydrogen-bond donors (Lipinski definition) is 0. The van der Waals surface area contributed by atoms with Crippen molar-refractivity contribution >= 4 is 43.9 Å². The Bertz CT molecular complexity index is 609. The molecule has 0 bridgehead atoms. The standard InChI is InChI=1S/C17H19O4P.Li.H/c1-4-21-22(13-8-6-5-7-9-13)14-10-16(19-2)15(12-18)17(11-14)20-3;;/h5-12H,4H2,1-3H3;;. The zero-order valence-electron chi connectivity index (χ0n) is 12.9. The molecule has 2 aromatic rings. The van der Waals surface area contributed by atoms with Crippen LogP contribution in [0.2, 0.25) is 0 Å². The van der Waals surface area contributed by atoms with Crippen molar-refractivity contribution in [2.24, 2.45) is 0 Å². The zero-order chi connectivity index (χ0) is 15.9. The van der Waals surface area contributed by atoms with E-state index in [1.54, 1.807) is 0 Å². The molecule has 1 unspecified atom stereocenters. The van der Waals surface area contributed by atoms with Crippen molar-refractivity contribution in [1.82, 2.24) is 0 Å². The number of aldehydes is 1. The summed E-state index contributed by atoms with van der Waals surface area (Å²) in [7, 11) is 2.09. The van der Waals surface area contributed by atoms with E-state index < -0.39 is 8.15 Å². The fourth-order valence-electron chi connectivity index (χ4n) is 2.15. The molecule has 2 aromatic carbocycles. The Labute approximate surface area is 150 Å². The van der Waals surface area contributed by atoms with E-state index in [0.29, 0.717) is 23.7 Å². The van der Waals surface area contributed by atoms with E-state index in [0.717, 1.165) is 16.9 Å². The Morgan fingerprint density at radius 3 is 2.00 bits per heavy atom. The number of carbonyl (C=O) groups is 1. The van der Waals surface area contributed by atoms with E-state index in [2.05, 4.69) is 0 Å². The van der Waals surface area contributed by atoms with Crippen LogP contribution in [0.4, 0.5) is 0 Å². The van der Waals surface area contributed by atoms with Crippen LogP contribution in [-0.4, -0.2) is 46.0 Å². The summed E-state index contributed by atoms with van der Waals surface area (Å²) in [4.78, 5) is 11.3. The van der Waals surface area contributed by atoms with Gasteiger partial charge < -0.3 is 14.0 Å². The first kappa shape index (κ1) is 19.7. The van der Waals surface area contributed by atoms with E-state index in [1.807, 2.05) is 49.4 Å². The normalized spacial score (nSPS) is 11.3. The first-order valence-corrected chi connectivity index (χ1v) is 8.20. The number of hydrogen-bond acceptors (Lipinski definition) is 4. The van der Waals surface area contributed by atoms with E-state index in [1.165, 1.54) is 14.2 Å². The quantitative estimate of drug-likeness (QED) is 0.445. The van der Waals surface area contributed by atoms with Crippen molar-refractivity contribution in [2.45, 2.75) is 6.92 Å². The number of ether oxygens (including phenoxy) is 2. The van der Waals surface area contributed by atoms with Crippen molar-refractivity contribution in [3.8, 4) is 11.5 Å². The molecule has 2 rings (SSSR count). The second kappa shape index (κ2) is 9.75. The van der Waals surface area contributed by atoms with Gasteiger partial charge in [-0.15, -0.1) is 0 Å². The SMILES string of the molecule is CCOP(c1ccccc1)c1cc(OC)c(C=O)c(OC)c1.[LiH]. The molecule has 0 aliphatic rings. The monoisotopic (exact) mass is 326 g/mol. The Kier molecular flexibility index (Phi) is 8.37. The van der Waals surface area contributed by atoms with Gasteiger partial charge in [-0.1, -0.05) is 30.3 Å². The van der Waals surface area contributed by atoms with Crippen molar-refractivity contribution in [3.63, 3.8) is 0 Å². The van der Waals surface area contributed by atoms with E-state index in [9.17, 15) is 4.79 Å². The Morgan fingerprint density at radius 1 is 1.00 bits per heavy atom. The van der Waals surface area contributed by atoms with Crippen LogP contribution in [0.25, 0.3) is 0 Å². The summed E-state index contributed by atoms with van der Waals surface area (Å²) in [5.41, 5.74) is 0.410. The predicted molar refractivity (Wildman–Crippen MR) is 96.3 cm³/mol. The first-order valence-electron chi connectivity index (χ1n) is 6.94. The molecule has 0 radical (unpaired) electrons. The van der Waals surface area contributed by atoms with Crippen LogP contribution in [-0.2, 0) is 4.52 Å². The second-order valence-electron chi connectivity index (χ2n) is 4.43. The second-order valence-corrected chi connectivity index (χ2v) is 6.31. The van der Waals surface area contributed by atoms with Gasteiger partial charge in [0, 0.05) is 17.2 Å². The minimum atomic E-state index is -0.988. The fraction of sp³-hybridized carbons (Fsp3) is 0.235. The molecule has 0 aliphatic heterocycles. The summed E-state index contributed by atoms with van der Waals surface area (Å²) in [6.45, 7) is 2.56. The molecule has 23 heavy (non-hydrogen) atoms. The van der Waals surface area contributed by atoms with E-state index in [-0.39, 0.29) is 18.9 Å². The molecule has 0 amide bonds. The van der Waals surface area contributed by atoms with Gasteiger partial charge in [0.1, 0.15) is 11.5 Å². The van der Waals surface area contributed by atoms with Crippen LogP contribution in [0.5, 0.6) is 11.5 Å². The summed E-state index contributed by atoms with van der Waals surface area (Å²) in [6.07, 6.45) is 0.743.